The van der Waals surface area contributed by atoms with Crippen molar-refractivity contribution in [1.82, 2.24) is 19.4 Å². The van der Waals surface area contributed by atoms with E-state index in [1.54, 1.807) is 11.8 Å². The average Bonchev–Trinajstić information content (AvgIpc) is 3.17. The van der Waals surface area contributed by atoms with Crippen molar-refractivity contribution < 1.29 is 4.79 Å². The van der Waals surface area contributed by atoms with Gasteiger partial charge in [-0.1, -0.05) is 42.5 Å². The zero-order valence-corrected chi connectivity index (χ0v) is 17.9. The highest BCUT2D eigenvalue weighted by Gasteiger charge is 2.13. The van der Waals surface area contributed by atoms with Crippen LogP contribution in [0.15, 0.2) is 60.9 Å². The van der Waals surface area contributed by atoms with E-state index in [9.17, 15) is 4.79 Å². The van der Waals surface area contributed by atoms with Crippen molar-refractivity contribution in [3.8, 4) is 33.9 Å². The van der Waals surface area contributed by atoms with Crippen LogP contribution >= 0.6 is 0 Å². The molecule has 30 heavy (non-hydrogen) atoms. The number of nitrogens with zero attached hydrogens (tertiary/aromatic N) is 4. The number of imidazole rings is 1. The molecule has 2 aromatic rings. The number of hydrogen-bond acceptors (Lipinski definition) is 3. The Bertz CT molecular complexity index is 1160. The lowest BCUT2D eigenvalue weighted by Crippen LogP contribution is -2.27. The summed E-state index contributed by atoms with van der Waals surface area (Å²) in [7, 11) is 1.81. The summed E-state index contributed by atoms with van der Waals surface area (Å²) in [5, 5.41) is 0. The summed E-state index contributed by atoms with van der Waals surface area (Å²) < 4.78 is 2.04. The van der Waals surface area contributed by atoms with Crippen molar-refractivity contribution >= 4 is 5.91 Å². The first-order valence-electron chi connectivity index (χ1n) is 10.1. The molecule has 0 saturated heterocycles. The number of pyridine rings is 1. The van der Waals surface area contributed by atoms with E-state index in [2.05, 4.69) is 61.3 Å². The Morgan fingerprint density at radius 2 is 1.57 bits per heavy atom. The number of fused-ring (bicyclic) bond motifs is 1. The van der Waals surface area contributed by atoms with Crippen LogP contribution in [0.25, 0.3) is 33.9 Å². The molecule has 0 bridgehead atoms. The first-order valence-corrected chi connectivity index (χ1v) is 10.1. The van der Waals surface area contributed by atoms with E-state index in [0.717, 1.165) is 29.3 Å². The van der Waals surface area contributed by atoms with Crippen LogP contribution in [0.1, 0.15) is 18.1 Å². The van der Waals surface area contributed by atoms with E-state index in [0.29, 0.717) is 6.54 Å². The Kier molecular flexibility index (Phi) is 5.36. The van der Waals surface area contributed by atoms with Gasteiger partial charge in [-0.25, -0.2) is 9.97 Å². The molecule has 0 spiro atoms. The number of rotatable bonds is 5. The van der Waals surface area contributed by atoms with Gasteiger partial charge in [-0.15, -0.1) is 0 Å². The average molecular weight is 399 g/mol. The molecule has 0 atom stereocenters. The molecule has 0 radical (unpaired) electrons. The summed E-state index contributed by atoms with van der Waals surface area (Å²) in [6.07, 6.45) is 3.97. The molecule has 2 aliphatic heterocycles. The van der Waals surface area contributed by atoms with Crippen LogP contribution in [0, 0.1) is 13.8 Å². The molecule has 2 heterocycles. The quantitative estimate of drug-likeness (QED) is 0.485. The van der Waals surface area contributed by atoms with E-state index in [4.69, 9.17) is 4.98 Å². The number of carbonyl (C=O) groups is 1. The zero-order chi connectivity index (χ0) is 21.3. The fraction of sp³-hybridized carbons (Fsp3) is 0.240. The topological polar surface area (TPSA) is 51.0 Å². The first-order chi connectivity index (χ1) is 14.4. The summed E-state index contributed by atoms with van der Waals surface area (Å²) >= 11 is 0. The van der Waals surface area contributed by atoms with Gasteiger partial charge in [0.05, 0.1) is 5.69 Å². The summed E-state index contributed by atoms with van der Waals surface area (Å²) in [6.45, 7) is 7.23. The molecule has 5 heteroatoms. The Morgan fingerprint density at radius 3 is 2.27 bits per heavy atom. The van der Waals surface area contributed by atoms with Crippen molar-refractivity contribution in [3.05, 3.63) is 72.1 Å². The molecular formula is C25H26N4O. The van der Waals surface area contributed by atoms with Gasteiger partial charge >= 0.3 is 0 Å². The maximum atomic E-state index is 11.4. The van der Waals surface area contributed by atoms with Crippen LogP contribution in [-0.4, -0.2) is 38.9 Å². The second-order valence-electron chi connectivity index (χ2n) is 7.82. The summed E-state index contributed by atoms with van der Waals surface area (Å²) in [5.41, 5.74) is 7.74. The predicted octanol–water partition coefficient (Wildman–Crippen LogP) is 4.81. The van der Waals surface area contributed by atoms with Crippen LogP contribution in [0.2, 0.25) is 0 Å². The van der Waals surface area contributed by atoms with Gasteiger partial charge in [-0.3, -0.25) is 4.79 Å². The number of aromatic nitrogens is 3. The molecule has 0 fully saturated rings. The highest BCUT2D eigenvalue weighted by molar-refractivity contribution is 5.73. The number of likely N-dealkylation sites (N-methyl/N-ethyl adjacent to an activating group) is 1. The summed E-state index contributed by atoms with van der Waals surface area (Å²) in [6, 6.07) is 16.9. The van der Waals surface area contributed by atoms with Crippen molar-refractivity contribution in [2.45, 2.75) is 27.3 Å². The van der Waals surface area contributed by atoms with Crippen molar-refractivity contribution in [2.75, 3.05) is 13.6 Å². The molecular weight excluding hydrogens is 372 g/mol. The van der Waals surface area contributed by atoms with Gasteiger partial charge in [-0.05, 0) is 42.2 Å². The largest absolute Gasteiger partial charge is 0.350 e. The Balaban J connectivity index is 1.55. The van der Waals surface area contributed by atoms with Gasteiger partial charge in [0, 0.05) is 45.0 Å². The van der Waals surface area contributed by atoms with Gasteiger partial charge in [-0.2, -0.15) is 0 Å². The van der Waals surface area contributed by atoms with E-state index in [-0.39, 0.29) is 5.91 Å². The number of benzene rings is 2. The molecule has 0 N–H and O–H groups in total. The lowest BCUT2D eigenvalue weighted by atomic mass is 9.99. The van der Waals surface area contributed by atoms with Crippen LogP contribution < -0.4 is 0 Å². The van der Waals surface area contributed by atoms with Gasteiger partial charge in [0.15, 0.2) is 5.82 Å². The van der Waals surface area contributed by atoms with Gasteiger partial charge in [0.1, 0.15) is 5.69 Å². The third-order valence-corrected chi connectivity index (χ3v) is 5.64. The monoisotopic (exact) mass is 398 g/mol. The molecule has 4 rings (SSSR count). The second-order valence-corrected chi connectivity index (χ2v) is 7.82. The van der Waals surface area contributed by atoms with Crippen molar-refractivity contribution in [3.63, 3.8) is 0 Å². The van der Waals surface area contributed by atoms with Crippen LogP contribution in [0.4, 0.5) is 0 Å². The normalized spacial score (nSPS) is 11.1. The molecule has 152 valence electrons. The van der Waals surface area contributed by atoms with E-state index in [1.807, 2.05) is 30.1 Å². The van der Waals surface area contributed by atoms with Crippen LogP contribution in [0.5, 0.6) is 0 Å². The summed E-state index contributed by atoms with van der Waals surface area (Å²) in [4.78, 5) is 22.5. The maximum absolute atomic E-state index is 11.4. The third kappa shape index (κ3) is 4.10. The molecule has 2 aliphatic rings. The SMILES string of the molecule is CC(=O)N(C)CCn1ccc2nc(-c3ccc(-c4ccc(C)c(C)c4)cc3)nc-2c1. The second kappa shape index (κ2) is 8.11. The number of hydrogen-bond donors (Lipinski definition) is 0. The number of aryl methyl sites for hydroxylation is 2. The van der Waals surface area contributed by atoms with Gasteiger partial charge < -0.3 is 9.47 Å². The minimum Gasteiger partial charge on any atom is -0.350 e. The minimum absolute atomic E-state index is 0.0660. The molecule has 5 nitrogen and oxygen atoms in total. The highest BCUT2D eigenvalue weighted by Crippen LogP contribution is 2.28. The van der Waals surface area contributed by atoms with Crippen molar-refractivity contribution in [2.24, 2.45) is 0 Å². The molecule has 0 aliphatic carbocycles. The number of carbonyl (C=O) groups excluding carboxylic acids is 1. The smallest absolute Gasteiger partial charge is 0.219 e. The predicted molar refractivity (Wildman–Crippen MR) is 120 cm³/mol. The lowest BCUT2D eigenvalue weighted by molar-refractivity contribution is -0.127. The lowest BCUT2D eigenvalue weighted by Gasteiger charge is -2.16. The van der Waals surface area contributed by atoms with Crippen LogP contribution in [0.3, 0.4) is 0 Å². The molecule has 0 aromatic heterocycles. The van der Waals surface area contributed by atoms with Crippen LogP contribution in [-0.2, 0) is 11.3 Å². The third-order valence-electron chi connectivity index (χ3n) is 5.64. The zero-order valence-electron chi connectivity index (χ0n) is 17.9. The molecule has 0 unspecified atom stereocenters. The standard InChI is InChI=1S/C25H26N4O/c1-17-5-6-22(15-18(17)2)20-7-9-21(10-8-20)25-26-23-11-12-29(16-24(23)27-25)14-13-28(4)19(3)30/h5-12,15-16H,13-14H2,1-4H3. The molecule has 2 aromatic carbocycles. The van der Waals surface area contributed by atoms with E-state index < -0.39 is 0 Å². The maximum Gasteiger partial charge on any atom is 0.219 e. The number of amides is 1. The fourth-order valence-corrected chi connectivity index (χ4v) is 3.38. The van der Waals surface area contributed by atoms with Crippen molar-refractivity contribution in [1.29, 1.82) is 0 Å². The Morgan fingerprint density at radius 1 is 0.900 bits per heavy atom. The summed E-state index contributed by atoms with van der Waals surface area (Å²) in [5.74, 6) is 0.798. The minimum atomic E-state index is 0.0660. The van der Waals surface area contributed by atoms with Gasteiger partial charge in [0.25, 0.3) is 0 Å². The highest BCUT2D eigenvalue weighted by atomic mass is 16.2. The Hall–Kier alpha value is -3.47. The van der Waals surface area contributed by atoms with Gasteiger partial charge in [0.2, 0.25) is 5.91 Å². The Labute approximate surface area is 177 Å². The fourth-order valence-electron chi connectivity index (χ4n) is 3.38. The van der Waals surface area contributed by atoms with E-state index in [1.165, 1.54) is 22.3 Å². The first kappa shape index (κ1) is 19.8. The molecule has 0 saturated carbocycles. The molecule has 1 amide bonds. The van der Waals surface area contributed by atoms with E-state index >= 15 is 0 Å².